The van der Waals surface area contributed by atoms with Gasteiger partial charge in [0.25, 0.3) is 0 Å². The lowest BCUT2D eigenvalue weighted by molar-refractivity contribution is -0.292. The predicted molar refractivity (Wildman–Crippen MR) is 140 cm³/mol. The summed E-state index contributed by atoms with van der Waals surface area (Å²) in [7, 11) is 0. The van der Waals surface area contributed by atoms with E-state index in [-0.39, 0.29) is 41.9 Å². The molecule has 4 fully saturated rings. The van der Waals surface area contributed by atoms with Gasteiger partial charge >= 0.3 is 11.9 Å². The summed E-state index contributed by atoms with van der Waals surface area (Å²) >= 11 is 0. The second kappa shape index (κ2) is 9.66. The van der Waals surface area contributed by atoms with Gasteiger partial charge in [-0.25, -0.2) is 4.79 Å². The zero-order valence-corrected chi connectivity index (χ0v) is 23.4. The zero-order valence-electron chi connectivity index (χ0n) is 23.4. The number of ether oxygens (including phenoxy) is 2. The summed E-state index contributed by atoms with van der Waals surface area (Å²) in [4.78, 5) is 24.0. The molecule has 5 aliphatic rings. The molecule has 6 heteroatoms. The molecular weight excluding hydrogens is 468 g/mol. The SMILES string of the molecule is CC(=O)OC1CC(C)C(O)(CCC2=CC(=O)OC2)C2(C)C(O)CCC(C)(C3CCC4(CCCC4)CC3)C12. The fraction of sp³-hybridized carbons (Fsp3) is 0.871. The van der Waals surface area contributed by atoms with Crippen molar-refractivity contribution in [2.75, 3.05) is 6.61 Å². The molecule has 0 aromatic carbocycles. The minimum absolute atomic E-state index is 0.131. The molecule has 0 saturated heterocycles. The van der Waals surface area contributed by atoms with E-state index in [1.165, 1.54) is 58.3 Å². The highest BCUT2D eigenvalue weighted by Crippen LogP contribution is 2.68. The number of carbonyl (C=O) groups is 2. The summed E-state index contributed by atoms with van der Waals surface area (Å²) in [6.45, 7) is 8.23. The van der Waals surface area contributed by atoms with Gasteiger partial charge in [-0.2, -0.15) is 0 Å². The Labute approximate surface area is 222 Å². The van der Waals surface area contributed by atoms with Crippen molar-refractivity contribution in [2.45, 2.75) is 129 Å². The second-order valence-electron chi connectivity index (χ2n) is 13.9. The molecule has 4 saturated carbocycles. The summed E-state index contributed by atoms with van der Waals surface area (Å²) in [5.41, 5.74) is -0.674. The van der Waals surface area contributed by atoms with Crippen molar-refractivity contribution in [2.24, 2.45) is 34.0 Å². The normalized spacial score (nSPS) is 43.8. The number of fused-ring (bicyclic) bond motifs is 1. The van der Waals surface area contributed by atoms with E-state index in [0.717, 1.165) is 12.0 Å². The fourth-order valence-electron chi connectivity index (χ4n) is 10.1. The Morgan fingerprint density at radius 3 is 2.38 bits per heavy atom. The van der Waals surface area contributed by atoms with Gasteiger partial charge < -0.3 is 19.7 Å². The average Bonchev–Trinajstić information content (AvgIpc) is 3.48. The molecule has 4 aliphatic carbocycles. The molecule has 6 nitrogen and oxygen atoms in total. The number of aliphatic hydroxyl groups excluding tert-OH is 1. The lowest BCUT2D eigenvalue weighted by Gasteiger charge is -2.68. The predicted octanol–water partition coefficient (Wildman–Crippen LogP) is 5.49. The van der Waals surface area contributed by atoms with Crippen LogP contribution in [0.1, 0.15) is 111 Å². The second-order valence-corrected chi connectivity index (χ2v) is 13.9. The number of rotatable bonds is 5. The van der Waals surface area contributed by atoms with Gasteiger partial charge in [0, 0.05) is 24.3 Å². The first-order valence-electron chi connectivity index (χ1n) is 14.9. The van der Waals surface area contributed by atoms with E-state index in [0.29, 0.717) is 37.0 Å². The molecule has 1 heterocycles. The number of carbonyl (C=O) groups excluding carboxylic acids is 2. The van der Waals surface area contributed by atoms with Gasteiger partial charge in [0.2, 0.25) is 0 Å². The Kier molecular flexibility index (Phi) is 7.09. The van der Waals surface area contributed by atoms with Gasteiger partial charge in [-0.15, -0.1) is 0 Å². The van der Waals surface area contributed by atoms with Gasteiger partial charge in [-0.3, -0.25) is 4.79 Å². The number of hydrogen-bond acceptors (Lipinski definition) is 6. The average molecular weight is 517 g/mol. The van der Waals surface area contributed by atoms with E-state index < -0.39 is 17.1 Å². The third-order valence-electron chi connectivity index (χ3n) is 12.2. The molecule has 7 atom stereocenters. The van der Waals surface area contributed by atoms with Crippen molar-refractivity contribution in [1.82, 2.24) is 0 Å². The Hall–Kier alpha value is -1.40. The van der Waals surface area contributed by atoms with Crippen LogP contribution in [0.2, 0.25) is 0 Å². The summed E-state index contributed by atoms with van der Waals surface area (Å²) in [5.74, 6) is -0.406. The Morgan fingerprint density at radius 1 is 1.11 bits per heavy atom. The zero-order chi connectivity index (χ0) is 26.6. The first kappa shape index (κ1) is 27.2. The first-order valence-corrected chi connectivity index (χ1v) is 14.9. The molecule has 0 aromatic heterocycles. The van der Waals surface area contributed by atoms with Crippen LogP contribution in [0.25, 0.3) is 0 Å². The highest BCUT2D eigenvalue weighted by Gasteiger charge is 2.70. The maximum absolute atomic E-state index is 12.6. The van der Waals surface area contributed by atoms with Crippen LogP contribution in [0, 0.1) is 34.0 Å². The molecule has 1 aliphatic heterocycles. The van der Waals surface area contributed by atoms with Gasteiger partial charge in [-0.05, 0) is 98.9 Å². The van der Waals surface area contributed by atoms with Gasteiger partial charge in [0.15, 0.2) is 0 Å². The minimum Gasteiger partial charge on any atom is -0.462 e. The number of aliphatic hydroxyl groups is 2. The van der Waals surface area contributed by atoms with E-state index in [1.807, 2.05) is 6.92 Å². The van der Waals surface area contributed by atoms with Crippen molar-refractivity contribution in [3.05, 3.63) is 11.6 Å². The monoisotopic (exact) mass is 516 g/mol. The van der Waals surface area contributed by atoms with E-state index in [9.17, 15) is 19.8 Å². The van der Waals surface area contributed by atoms with E-state index >= 15 is 0 Å². The lowest BCUT2D eigenvalue weighted by Crippen LogP contribution is -2.72. The topological polar surface area (TPSA) is 93.1 Å². The third-order valence-corrected chi connectivity index (χ3v) is 12.2. The van der Waals surface area contributed by atoms with Crippen molar-refractivity contribution in [3.63, 3.8) is 0 Å². The van der Waals surface area contributed by atoms with Crippen LogP contribution in [-0.2, 0) is 19.1 Å². The number of esters is 2. The standard InChI is InChI=1S/C31H48O6/c1-20-17-24(37-21(2)32)27-28(3,23-8-14-30(15-9-23)11-5-6-12-30)13-10-25(33)29(27,4)31(20,35)16-7-22-18-26(34)36-19-22/h18,20,23-25,27,33,35H,5-17,19H2,1-4H3. The summed E-state index contributed by atoms with van der Waals surface area (Å²) in [6.07, 6.45) is 14.1. The molecule has 2 N–H and O–H groups in total. The Bertz CT molecular complexity index is 926. The molecule has 37 heavy (non-hydrogen) atoms. The summed E-state index contributed by atoms with van der Waals surface area (Å²) in [5, 5.41) is 24.3. The Morgan fingerprint density at radius 2 is 1.78 bits per heavy atom. The molecule has 0 amide bonds. The molecule has 208 valence electrons. The molecule has 1 spiro atoms. The van der Waals surface area contributed by atoms with Crippen molar-refractivity contribution in [3.8, 4) is 0 Å². The molecule has 0 radical (unpaired) electrons. The fourth-order valence-corrected chi connectivity index (χ4v) is 10.1. The highest BCUT2D eigenvalue weighted by atomic mass is 16.5. The van der Waals surface area contributed by atoms with Crippen LogP contribution in [0.4, 0.5) is 0 Å². The lowest BCUT2D eigenvalue weighted by atomic mass is 9.39. The maximum atomic E-state index is 12.6. The number of hydrogen-bond donors (Lipinski definition) is 2. The molecule has 7 unspecified atom stereocenters. The first-order chi connectivity index (χ1) is 17.4. The van der Waals surface area contributed by atoms with E-state index in [2.05, 4.69) is 13.8 Å². The molecule has 0 aromatic rings. The van der Waals surface area contributed by atoms with Crippen molar-refractivity contribution < 1.29 is 29.3 Å². The third kappa shape index (κ3) is 4.38. The van der Waals surface area contributed by atoms with Crippen LogP contribution in [-0.4, -0.2) is 46.6 Å². The number of cyclic esters (lactones) is 1. The quantitative estimate of drug-likeness (QED) is 0.470. The van der Waals surface area contributed by atoms with Crippen LogP contribution >= 0.6 is 0 Å². The van der Waals surface area contributed by atoms with Gasteiger partial charge in [-0.1, -0.05) is 33.6 Å². The highest BCUT2D eigenvalue weighted by molar-refractivity contribution is 5.85. The van der Waals surface area contributed by atoms with Crippen molar-refractivity contribution in [1.29, 1.82) is 0 Å². The minimum atomic E-state index is -1.15. The van der Waals surface area contributed by atoms with Crippen LogP contribution in [0.5, 0.6) is 0 Å². The van der Waals surface area contributed by atoms with Gasteiger partial charge in [0.05, 0.1) is 11.7 Å². The summed E-state index contributed by atoms with van der Waals surface area (Å²) in [6, 6.07) is 0. The summed E-state index contributed by atoms with van der Waals surface area (Å²) < 4.78 is 11.2. The van der Waals surface area contributed by atoms with E-state index in [4.69, 9.17) is 9.47 Å². The van der Waals surface area contributed by atoms with Gasteiger partial charge in [0.1, 0.15) is 12.7 Å². The van der Waals surface area contributed by atoms with Crippen LogP contribution in [0.3, 0.4) is 0 Å². The van der Waals surface area contributed by atoms with Crippen LogP contribution < -0.4 is 0 Å². The maximum Gasteiger partial charge on any atom is 0.331 e. The smallest absolute Gasteiger partial charge is 0.331 e. The molecule has 0 bridgehead atoms. The van der Waals surface area contributed by atoms with Crippen LogP contribution in [0.15, 0.2) is 11.6 Å². The Balaban J connectivity index is 1.49. The van der Waals surface area contributed by atoms with E-state index in [1.54, 1.807) is 6.08 Å². The van der Waals surface area contributed by atoms with Crippen molar-refractivity contribution >= 4 is 11.9 Å². The largest absolute Gasteiger partial charge is 0.462 e. The molecular formula is C31H48O6. The molecule has 5 rings (SSSR count).